The Kier molecular flexibility index (Phi) is 3.50. The molecule has 0 radical (unpaired) electrons. The number of carboxylic acid groups (broad SMARTS) is 1. The van der Waals surface area contributed by atoms with Gasteiger partial charge in [-0.15, -0.1) is 11.8 Å². The Bertz CT molecular complexity index is 885. The third kappa shape index (κ3) is 2.43. The first-order valence-corrected chi connectivity index (χ1v) is 8.29. The number of fused-ring (bicyclic) bond motifs is 1. The fourth-order valence-electron chi connectivity index (χ4n) is 2.76. The largest absolute Gasteiger partial charge is 0.477 e. The number of aromatic amines is 1. The lowest BCUT2D eigenvalue weighted by Gasteiger charge is -2.37. The van der Waals surface area contributed by atoms with Crippen LogP contribution in [0, 0.1) is 0 Å². The van der Waals surface area contributed by atoms with Gasteiger partial charge >= 0.3 is 5.97 Å². The summed E-state index contributed by atoms with van der Waals surface area (Å²) in [6.07, 6.45) is 4.12. The molecule has 1 aromatic carbocycles. The molecule has 24 heavy (non-hydrogen) atoms. The van der Waals surface area contributed by atoms with Crippen molar-refractivity contribution >= 4 is 29.7 Å². The van der Waals surface area contributed by atoms with Crippen LogP contribution in [0.25, 0.3) is 6.08 Å². The van der Waals surface area contributed by atoms with Crippen LogP contribution < -0.4 is 0 Å². The molecule has 2 aliphatic rings. The van der Waals surface area contributed by atoms with Gasteiger partial charge in [0, 0.05) is 11.8 Å². The zero-order valence-electron chi connectivity index (χ0n) is 12.5. The minimum Gasteiger partial charge on any atom is -0.477 e. The van der Waals surface area contributed by atoms with Crippen molar-refractivity contribution in [2.45, 2.75) is 11.8 Å². The number of nitrogens with one attached hydrogen (secondary N) is 1. The molecule has 2 aliphatic heterocycles. The van der Waals surface area contributed by atoms with Gasteiger partial charge in [0.25, 0.3) is 5.91 Å². The lowest BCUT2D eigenvalue weighted by Crippen LogP contribution is -2.51. The molecule has 2 aromatic rings. The second kappa shape index (κ2) is 5.68. The average molecular weight is 339 g/mol. The van der Waals surface area contributed by atoms with Gasteiger partial charge in [0.1, 0.15) is 16.9 Å². The van der Waals surface area contributed by atoms with E-state index in [-0.39, 0.29) is 17.0 Å². The van der Waals surface area contributed by atoms with Crippen LogP contribution in [0.1, 0.15) is 17.1 Å². The highest BCUT2D eigenvalue weighted by Crippen LogP contribution is 2.44. The fourth-order valence-corrected chi connectivity index (χ4v) is 3.88. The van der Waals surface area contributed by atoms with E-state index in [1.54, 1.807) is 12.3 Å². The van der Waals surface area contributed by atoms with Crippen molar-refractivity contribution in [3.05, 3.63) is 70.3 Å². The molecule has 0 spiro atoms. The Hall–Kier alpha value is -2.80. The maximum atomic E-state index is 12.2. The molecule has 0 saturated carbocycles. The molecular weight excluding hydrogens is 326 g/mol. The van der Waals surface area contributed by atoms with Crippen molar-refractivity contribution in [1.82, 2.24) is 14.9 Å². The molecule has 1 amide bonds. The topological polar surface area (TPSA) is 86.3 Å². The standard InChI is InChI=1S/C17H13N3O3S/c21-15-12(16-20(15)13(9-24-16)17(22)23)7-11-8-18-14(19-11)6-10-4-2-1-3-5-10/h1-5,7-9,16H,6H2,(H,18,19)(H,22,23). The maximum absolute atomic E-state index is 12.2. The molecule has 0 bridgehead atoms. The molecular formula is C17H13N3O3S. The molecule has 120 valence electrons. The first-order chi connectivity index (χ1) is 11.6. The van der Waals surface area contributed by atoms with Gasteiger partial charge in [-0.2, -0.15) is 0 Å². The summed E-state index contributed by atoms with van der Waals surface area (Å²) in [5, 5.41) is 10.3. The summed E-state index contributed by atoms with van der Waals surface area (Å²) in [6.45, 7) is 0. The number of aliphatic carboxylic acids is 1. The number of carbonyl (C=O) groups is 2. The van der Waals surface area contributed by atoms with Crippen LogP contribution in [0.15, 0.2) is 53.2 Å². The number of imidazole rings is 1. The van der Waals surface area contributed by atoms with E-state index in [9.17, 15) is 9.59 Å². The Balaban J connectivity index is 1.50. The lowest BCUT2D eigenvalue weighted by atomic mass is 10.0. The van der Waals surface area contributed by atoms with Crippen LogP contribution in [0.4, 0.5) is 0 Å². The van der Waals surface area contributed by atoms with Crippen LogP contribution in [0.2, 0.25) is 0 Å². The summed E-state index contributed by atoms with van der Waals surface area (Å²) < 4.78 is 0. The van der Waals surface area contributed by atoms with E-state index in [1.165, 1.54) is 22.1 Å². The quantitative estimate of drug-likeness (QED) is 0.659. The zero-order chi connectivity index (χ0) is 16.7. The van der Waals surface area contributed by atoms with Crippen molar-refractivity contribution in [3.63, 3.8) is 0 Å². The fraction of sp³-hybridized carbons (Fsp3) is 0.118. The van der Waals surface area contributed by atoms with E-state index in [1.807, 2.05) is 30.3 Å². The molecule has 3 heterocycles. The van der Waals surface area contributed by atoms with Crippen molar-refractivity contribution in [2.75, 3.05) is 0 Å². The van der Waals surface area contributed by atoms with E-state index in [0.29, 0.717) is 12.0 Å². The van der Waals surface area contributed by atoms with E-state index < -0.39 is 5.97 Å². The number of H-pyrrole nitrogens is 1. The number of hydrogen-bond donors (Lipinski definition) is 2. The van der Waals surface area contributed by atoms with Crippen LogP contribution in [-0.4, -0.2) is 37.2 Å². The van der Waals surface area contributed by atoms with Gasteiger partial charge in [0.15, 0.2) is 0 Å². The van der Waals surface area contributed by atoms with Crippen LogP contribution in [0.3, 0.4) is 0 Å². The number of thioether (sulfide) groups is 1. The molecule has 1 aromatic heterocycles. The highest BCUT2D eigenvalue weighted by Gasteiger charge is 2.49. The number of rotatable bonds is 4. The Labute approximate surface area is 141 Å². The predicted octanol–water partition coefficient (Wildman–Crippen LogP) is 2.22. The first kappa shape index (κ1) is 14.8. The van der Waals surface area contributed by atoms with Crippen molar-refractivity contribution in [2.24, 2.45) is 0 Å². The number of nitrogens with zero attached hydrogens (tertiary/aromatic N) is 2. The highest BCUT2D eigenvalue weighted by molar-refractivity contribution is 8.03. The molecule has 6 nitrogen and oxygen atoms in total. The van der Waals surface area contributed by atoms with Crippen LogP contribution in [-0.2, 0) is 16.0 Å². The molecule has 1 fully saturated rings. The Morgan fingerprint density at radius 2 is 2.17 bits per heavy atom. The summed E-state index contributed by atoms with van der Waals surface area (Å²) in [4.78, 5) is 32.1. The summed E-state index contributed by atoms with van der Waals surface area (Å²) in [7, 11) is 0. The van der Waals surface area contributed by atoms with Gasteiger partial charge in [-0.25, -0.2) is 9.78 Å². The van der Waals surface area contributed by atoms with Crippen LogP contribution >= 0.6 is 11.8 Å². The lowest BCUT2D eigenvalue weighted by molar-refractivity contribution is -0.141. The smallest absolute Gasteiger partial charge is 0.353 e. The van der Waals surface area contributed by atoms with Gasteiger partial charge in [-0.1, -0.05) is 30.3 Å². The van der Waals surface area contributed by atoms with E-state index in [0.717, 1.165) is 17.1 Å². The molecule has 0 aliphatic carbocycles. The van der Waals surface area contributed by atoms with E-state index in [2.05, 4.69) is 9.97 Å². The summed E-state index contributed by atoms with van der Waals surface area (Å²) >= 11 is 1.33. The van der Waals surface area contributed by atoms with E-state index >= 15 is 0 Å². The van der Waals surface area contributed by atoms with Crippen molar-refractivity contribution < 1.29 is 14.7 Å². The SMILES string of the molecule is O=C(O)C1=CSC2C(=Cc3cnc(Cc4ccccc4)[nH]3)C(=O)N12. The third-order valence-corrected chi connectivity index (χ3v) is 5.01. The summed E-state index contributed by atoms with van der Waals surface area (Å²) in [6, 6.07) is 9.99. The number of benzene rings is 1. The van der Waals surface area contributed by atoms with Crippen molar-refractivity contribution in [1.29, 1.82) is 0 Å². The Morgan fingerprint density at radius 3 is 2.92 bits per heavy atom. The second-order valence-electron chi connectivity index (χ2n) is 5.52. The molecule has 4 rings (SSSR count). The van der Waals surface area contributed by atoms with Gasteiger partial charge in [0.05, 0.1) is 17.5 Å². The minimum absolute atomic E-state index is 0.0431. The predicted molar refractivity (Wildman–Crippen MR) is 89.8 cm³/mol. The van der Waals surface area contributed by atoms with Gasteiger partial charge in [0.2, 0.25) is 0 Å². The number of carbonyl (C=O) groups excluding carboxylic acids is 1. The molecule has 1 saturated heterocycles. The number of hydrogen-bond acceptors (Lipinski definition) is 4. The second-order valence-corrected chi connectivity index (χ2v) is 6.47. The maximum Gasteiger partial charge on any atom is 0.353 e. The average Bonchev–Trinajstić information content (AvgIpc) is 3.18. The number of β-lactam (4-membered cyclic amide) rings is 1. The number of aromatic nitrogens is 2. The minimum atomic E-state index is -1.08. The summed E-state index contributed by atoms with van der Waals surface area (Å²) in [5.41, 5.74) is 2.52. The normalized spacial score (nSPS) is 20.8. The number of amides is 1. The number of carboxylic acids is 1. The molecule has 1 unspecified atom stereocenters. The van der Waals surface area contributed by atoms with Gasteiger partial charge < -0.3 is 10.1 Å². The highest BCUT2D eigenvalue weighted by atomic mass is 32.2. The van der Waals surface area contributed by atoms with E-state index in [4.69, 9.17) is 5.11 Å². The monoisotopic (exact) mass is 339 g/mol. The van der Waals surface area contributed by atoms with Gasteiger partial charge in [-0.05, 0) is 11.6 Å². The third-order valence-electron chi connectivity index (χ3n) is 3.93. The van der Waals surface area contributed by atoms with Crippen LogP contribution in [0.5, 0.6) is 0 Å². The first-order valence-electron chi connectivity index (χ1n) is 7.35. The molecule has 2 N–H and O–H groups in total. The van der Waals surface area contributed by atoms with Gasteiger partial charge in [-0.3, -0.25) is 9.69 Å². The Morgan fingerprint density at radius 1 is 1.38 bits per heavy atom. The van der Waals surface area contributed by atoms with Crippen molar-refractivity contribution in [3.8, 4) is 0 Å². The molecule has 7 heteroatoms. The molecule has 1 atom stereocenters. The zero-order valence-corrected chi connectivity index (χ0v) is 13.3. The summed E-state index contributed by atoms with van der Waals surface area (Å²) in [5.74, 6) is -0.526.